The molecule has 2 nitrogen and oxygen atoms in total. The molecule has 0 unspecified atom stereocenters. The van der Waals surface area contributed by atoms with Gasteiger partial charge in [-0.15, -0.1) is 0 Å². The second kappa shape index (κ2) is 5.40. The molecular weight excluding hydrogens is 282 g/mol. The van der Waals surface area contributed by atoms with Crippen molar-refractivity contribution in [2.75, 3.05) is 0 Å². The molecule has 0 amide bonds. The molecule has 2 heteroatoms. The van der Waals surface area contributed by atoms with Crippen LogP contribution in [0.5, 0.6) is 11.6 Å². The van der Waals surface area contributed by atoms with Crippen molar-refractivity contribution in [3.63, 3.8) is 0 Å². The van der Waals surface area contributed by atoms with E-state index in [2.05, 4.69) is 49.2 Å². The summed E-state index contributed by atoms with van der Waals surface area (Å²) in [6, 6.07) is 20.3. The highest BCUT2D eigenvalue weighted by Gasteiger charge is 2.13. The van der Waals surface area contributed by atoms with Crippen LogP contribution in [0.4, 0.5) is 0 Å². The Morgan fingerprint density at radius 2 is 1.35 bits per heavy atom. The number of benzene rings is 3. The topological polar surface area (TPSA) is 22.1 Å². The number of aryl methyl sites for hydroxylation is 2. The Morgan fingerprint density at radius 1 is 0.696 bits per heavy atom. The lowest BCUT2D eigenvalue weighted by molar-refractivity contribution is 0.469. The third-order valence-corrected chi connectivity index (χ3v) is 4.44. The van der Waals surface area contributed by atoms with Crippen LogP contribution in [0.25, 0.3) is 21.5 Å². The lowest BCUT2D eigenvalue weighted by Gasteiger charge is -2.14. The molecule has 0 aliphatic heterocycles. The summed E-state index contributed by atoms with van der Waals surface area (Å²) in [5.74, 6) is 1.46. The van der Waals surface area contributed by atoms with E-state index in [1.807, 2.05) is 36.5 Å². The lowest BCUT2D eigenvalue weighted by atomic mass is 9.94. The minimum atomic E-state index is 0.660. The summed E-state index contributed by atoms with van der Waals surface area (Å²) in [7, 11) is 0. The van der Waals surface area contributed by atoms with Gasteiger partial charge in [0.25, 0.3) is 0 Å². The normalized spacial score (nSPS) is 11.0. The van der Waals surface area contributed by atoms with Gasteiger partial charge in [-0.3, -0.25) is 0 Å². The number of hydrogen-bond acceptors (Lipinski definition) is 2. The van der Waals surface area contributed by atoms with E-state index in [-0.39, 0.29) is 0 Å². The summed E-state index contributed by atoms with van der Waals surface area (Å²) in [6.07, 6.45) is 1.82. The number of ether oxygens (including phenoxy) is 1. The lowest BCUT2D eigenvalue weighted by Crippen LogP contribution is -1.94. The predicted molar refractivity (Wildman–Crippen MR) is 95.2 cm³/mol. The Kier molecular flexibility index (Phi) is 3.23. The molecule has 112 valence electrons. The van der Waals surface area contributed by atoms with E-state index in [9.17, 15) is 0 Å². The van der Waals surface area contributed by atoms with Crippen molar-refractivity contribution >= 4 is 21.5 Å². The first-order valence-corrected chi connectivity index (χ1v) is 7.75. The van der Waals surface area contributed by atoms with Crippen molar-refractivity contribution in [1.29, 1.82) is 0 Å². The molecule has 1 heterocycles. The van der Waals surface area contributed by atoms with Crippen molar-refractivity contribution in [3.8, 4) is 11.6 Å². The highest BCUT2D eigenvalue weighted by molar-refractivity contribution is 6.12. The summed E-state index contributed by atoms with van der Waals surface area (Å²) >= 11 is 0. The molecule has 0 fully saturated rings. The van der Waals surface area contributed by atoms with Gasteiger partial charge in [0.15, 0.2) is 0 Å². The van der Waals surface area contributed by atoms with Gasteiger partial charge in [0.1, 0.15) is 5.75 Å². The summed E-state index contributed by atoms with van der Waals surface area (Å²) in [6.45, 7) is 4.34. The fraction of sp³-hybridized carbons (Fsp3) is 0.0952. The Labute approximate surface area is 135 Å². The van der Waals surface area contributed by atoms with E-state index >= 15 is 0 Å². The summed E-state index contributed by atoms with van der Waals surface area (Å²) in [5, 5.41) is 4.71. The monoisotopic (exact) mass is 299 g/mol. The summed E-state index contributed by atoms with van der Waals surface area (Å²) < 4.78 is 6.08. The van der Waals surface area contributed by atoms with Crippen molar-refractivity contribution < 1.29 is 4.74 Å². The maximum absolute atomic E-state index is 6.08. The number of nitrogens with zero attached hydrogens (tertiary/aromatic N) is 1. The van der Waals surface area contributed by atoms with E-state index in [1.54, 1.807) is 0 Å². The molecule has 0 saturated carbocycles. The van der Waals surface area contributed by atoms with Gasteiger partial charge in [0, 0.05) is 6.20 Å². The fourth-order valence-corrected chi connectivity index (χ4v) is 3.13. The van der Waals surface area contributed by atoms with Gasteiger partial charge >= 0.3 is 0 Å². The number of pyridine rings is 1. The van der Waals surface area contributed by atoms with Crippen molar-refractivity contribution in [3.05, 3.63) is 78.0 Å². The van der Waals surface area contributed by atoms with Gasteiger partial charge in [-0.25, -0.2) is 4.98 Å². The number of rotatable bonds is 2. The maximum Gasteiger partial charge on any atom is 0.227 e. The van der Waals surface area contributed by atoms with Crippen LogP contribution in [0.1, 0.15) is 11.1 Å². The summed E-state index contributed by atoms with van der Waals surface area (Å²) in [4.78, 5) is 4.50. The largest absolute Gasteiger partial charge is 0.438 e. The van der Waals surface area contributed by atoms with Crippen LogP contribution in [0, 0.1) is 13.8 Å². The molecular formula is C21H17NO. The van der Waals surface area contributed by atoms with E-state index in [0.29, 0.717) is 5.88 Å². The molecule has 0 aliphatic rings. The zero-order valence-electron chi connectivity index (χ0n) is 13.2. The second-order valence-electron chi connectivity index (χ2n) is 5.75. The van der Waals surface area contributed by atoms with Crippen molar-refractivity contribution in [2.24, 2.45) is 0 Å². The molecule has 4 rings (SSSR count). The van der Waals surface area contributed by atoms with Gasteiger partial charge in [0.2, 0.25) is 5.88 Å². The highest BCUT2D eigenvalue weighted by atomic mass is 16.5. The molecule has 4 aromatic rings. The van der Waals surface area contributed by atoms with Crippen LogP contribution in [-0.4, -0.2) is 4.98 Å². The molecule has 0 atom stereocenters. The highest BCUT2D eigenvalue weighted by Crippen LogP contribution is 2.37. The zero-order chi connectivity index (χ0) is 15.8. The van der Waals surface area contributed by atoms with Crippen LogP contribution in [0.3, 0.4) is 0 Å². The van der Waals surface area contributed by atoms with Crippen LogP contribution in [-0.2, 0) is 0 Å². The number of fused-ring (bicyclic) bond motifs is 3. The number of hydrogen-bond donors (Lipinski definition) is 0. The van der Waals surface area contributed by atoms with Crippen molar-refractivity contribution in [2.45, 2.75) is 13.8 Å². The molecule has 0 saturated heterocycles. The van der Waals surface area contributed by atoms with E-state index < -0.39 is 0 Å². The van der Waals surface area contributed by atoms with Crippen LogP contribution in [0.2, 0.25) is 0 Å². The Balaban J connectivity index is 2.06. The molecule has 1 aromatic heterocycles. The van der Waals surface area contributed by atoms with Crippen LogP contribution >= 0.6 is 0 Å². The first-order valence-electron chi connectivity index (χ1n) is 7.75. The van der Waals surface area contributed by atoms with Gasteiger partial charge in [0.05, 0.1) is 5.39 Å². The Bertz CT molecular complexity index is 1010. The van der Waals surface area contributed by atoms with Gasteiger partial charge in [-0.2, -0.15) is 0 Å². The van der Waals surface area contributed by atoms with Gasteiger partial charge in [-0.1, -0.05) is 42.5 Å². The van der Waals surface area contributed by atoms with Crippen LogP contribution < -0.4 is 4.74 Å². The quantitative estimate of drug-likeness (QED) is 0.437. The van der Waals surface area contributed by atoms with Gasteiger partial charge in [-0.05, 0) is 59.3 Å². The smallest absolute Gasteiger partial charge is 0.227 e. The average molecular weight is 299 g/mol. The van der Waals surface area contributed by atoms with E-state index in [0.717, 1.165) is 11.1 Å². The summed E-state index contributed by atoms with van der Waals surface area (Å²) in [5.41, 5.74) is 2.59. The third-order valence-electron chi connectivity index (χ3n) is 4.44. The first-order chi connectivity index (χ1) is 11.3. The molecule has 0 spiro atoms. The number of aromatic nitrogens is 1. The van der Waals surface area contributed by atoms with E-state index in [1.165, 1.54) is 27.3 Å². The SMILES string of the molecule is Cc1c(C)c2ccnc(Oc3ccccc3)c2c2ccccc12. The first kappa shape index (κ1) is 13.8. The van der Waals surface area contributed by atoms with E-state index in [4.69, 9.17) is 4.74 Å². The maximum atomic E-state index is 6.08. The second-order valence-corrected chi connectivity index (χ2v) is 5.75. The van der Waals surface area contributed by atoms with Crippen molar-refractivity contribution in [1.82, 2.24) is 4.98 Å². The molecule has 0 aliphatic carbocycles. The molecule has 23 heavy (non-hydrogen) atoms. The molecule has 0 radical (unpaired) electrons. The third kappa shape index (κ3) is 2.23. The zero-order valence-corrected chi connectivity index (χ0v) is 13.2. The molecule has 0 bridgehead atoms. The molecule has 0 N–H and O–H groups in total. The minimum absolute atomic E-state index is 0.660. The Hall–Kier alpha value is -2.87. The Morgan fingerprint density at radius 3 is 2.13 bits per heavy atom. The fourth-order valence-electron chi connectivity index (χ4n) is 3.13. The average Bonchev–Trinajstić information content (AvgIpc) is 2.60. The predicted octanol–water partition coefficient (Wildman–Crippen LogP) is 5.80. The minimum Gasteiger partial charge on any atom is -0.438 e. The molecule has 3 aromatic carbocycles. The standard InChI is InChI=1S/C21H17NO/c1-14-15(2)18-12-13-22-21(23-16-8-4-3-5-9-16)20(18)19-11-7-6-10-17(14)19/h3-13H,1-2H3. The van der Waals surface area contributed by atoms with Crippen LogP contribution in [0.15, 0.2) is 66.9 Å². The number of para-hydroxylation sites is 1. The van der Waals surface area contributed by atoms with Gasteiger partial charge < -0.3 is 4.74 Å².